The number of nitrogens with one attached hydrogen (secondary N) is 1. The van der Waals surface area contributed by atoms with Crippen LogP contribution in [-0.4, -0.2) is 22.3 Å². The zero-order chi connectivity index (χ0) is 15.6. The normalized spacial score (nSPS) is 13.3. The van der Waals surface area contributed by atoms with Gasteiger partial charge in [-0.2, -0.15) is 0 Å². The molecule has 4 rings (SSSR count). The Morgan fingerprint density at radius 1 is 1.17 bits per heavy atom. The second-order valence-corrected chi connectivity index (χ2v) is 6.99. The quantitative estimate of drug-likeness (QED) is 0.780. The number of thioether (sulfide) groups is 1. The molecule has 1 aliphatic heterocycles. The lowest BCUT2D eigenvalue weighted by Crippen LogP contribution is -2.08. The molecule has 3 nitrogen and oxygen atoms in total. The molecule has 0 atom stereocenters. The molecular formula is C19H19N3S. The van der Waals surface area contributed by atoms with Crippen LogP contribution in [0.2, 0.25) is 0 Å². The fraction of sp³-hybridized carbons (Fsp3) is 0.263. The lowest BCUT2D eigenvalue weighted by molar-refractivity contribution is 0.960. The van der Waals surface area contributed by atoms with E-state index in [0.717, 1.165) is 30.6 Å². The van der Waals surface area contributed by atoms with Crippen molar-refractivity contribution in [3.8, 4) is 0 Å². The van der Waals surface area contributed by atoms with Crippen molar-refractivity contribution in [2.24, 2.45) is 0 Å². The van der Waals surface area contributed by atoms with Crippen molar-refractivity contribution in [3.05, 3.63) is 59.5 Å². The molecule has 0 saturated carbocycles. The predicted molar refractivity (Wildman–Crippen MR) is 97.3 cm³/mol. The Morgan fingerprint density at radius 2 is 2.13 bits per heavy atom. The zero-order valence-electron chi connectivity index (χ0n) is 13.2. The molecule has 0 amide bonds. The van der Waals surface area contributed by atoms with Gasteiger partial charge in [0.15, 0.2) is 0 Å². The van der Waals surface area contributed by atoms with E-state index in [1.54, 1.807) is 0 Å². The summed E-state index contributed by atoms with van der Waals surface area (Å²) in [4.78, 5) is 10.4. The molecule has 0 fully saturated rings. The molecule has 3 aromatic rings. The van der Waals surface area contributed by atoms with Gasteiger partial charge in [0.25, 0.3) is 0 Å². The first-order valence-corrected chi connectivity index (χ1v) is 8.99. The van der Waals surface area contributed by atoms with Crippen molar-refractivity contribution in [3.63, 3.8) is 0 Å². The van der Waals surface area contributed by atoms with Gasteiger partial charge in [-0.25, -0.2) is 0 Å². The minimum atomic E-state index is 0.883. The Bertz CT molecular complexity index is 846. The first-order chi connectivity index (χ1) is 11.3. The van der Waals surface area contributed by atoms with Gasteiger partial charge >= 0.3 is 0 Å². The Morgan fingerprint density at radius 3 is 3.00 bits per heavy atom. The minimum absolute atomic E-state index is 0.883. The van der Waals surface area contributed by atoms with Gasteiger partial charge in [0.05, 0.1) is 5.52 Å². The number of aromatic nitrogens is 2. The van der Waals surface area contributed by atoms with Gasteiger partial charge in [-0.3, -0.25) is 9.97 Å². The summed E-state index contributed by atoms with van der Waals surface area (Å²) in [6.07, 6.45) is 5.89. The van der Waals surface area contributed by atoms with Crippen LogP contribution in [0.1, 0.15) is 16.8 Å². The smallest absolute Gasteiger partial charge is 0.0726 e. The maximum Gasteiger partial charge on any atom is 0.0726 e. The summed E-state index contributed by atoms with van der Waals surface area (Å²) in [5.74, 6) is 1.18. The van der Waals surface area contributed by atoms with Gasteiger partial charge in [-0.1, -0.05) is 6.07 Å². The van der Waals surface area contributed by atoms with Gasteiger partial charge < -0.3 is 5.32 Å². The largest absolute Gasteiger partial charge is 0.384 e. The van der Waals surface area contributed by atoms with Crippen molar-refractivity contribution in [1.82, 2.24) is 9.97 Å². The van der Waals surface area contributed by atoms with Gasteiger partial charge in [0, 0.05) is 52.8 Å². The molecule has 1 aromatic carbocycles. The third-order valence-electron chi connectivity index (χ3n) is 4.31. The van der Waals surface area contributed by atoms with Crippen LogP contribution in [0.15, 0.2) is 47.6 Å². The number of nitrogens with zero attached hydrogens (tertiary/aromatic N) is 2. The van der Waals surface area contributed by atoms with Crippen LogP contribution in [0, 0.1) is 6.92 Å². The lowest BCUT2D eigenvalue weighted by atomic mass is 10.0. The highest BCUT2D eigenvalue weighted by atomic mass is 32.2. The van der Waals surface area contributed by atoms with Crippen molar-refractivity contribution >= 4 is 28.4 Å². The van der Waals surface area contributed by atoms with E-state index in [1.165, 1.54) is 32.8 Å². The zero-order valence-corrected chi connectivity index (χ0v) is 14.0. The van der Waals surface area contributed by atoms with E-state index in [1.807, 2.05) is 36.3 Å². The second kappa shape index (κ2) is 6.20. The molecule has 23 heavy (non-hydrogen) atoms. The predicted octanol–water partition coefficient (Wildman–Crippen LogP) is 4.24. The Labute approximate surface area is 140 Å². The van der Waals surface area contributed by atoms with Crippen molar-refractivity contribution in [2.75, 3.05) is 17.6 Å². The second-order valence-electron chi connectivity index (χ2n) is 5.85. The fourth-order valence-corrected chi connectivity index (χ4v) is 4.24. The van der Waals surface area contributed by atoms with Gasteiger partial charge in [0.2, 0.25) is 0 Å². The van der Waals surface area contributed by atoms with Gasteiger partial charge in [-0.05, 0) is 48.7 Å². The highest BCUT2D eigenvalue weighted by Crippen LogP contribution is 2.39. The average molecular weight is 321 g/mol. The maximum absolute atomic E-state index is 4.62. The number of hydrogen-bond donors (Lipinski definition) is 1. The molecule has 0 saturated heterocycles. The van der Waals surface area contributed by atoms with Crippen LogP contribution in [0.25, 0.3) is 10.9 Å². The van der Waals surface area contributed by atoms with E-state index in [0.29, 0.717) is 0 Å². The summed E-state index contributed by atoms with van der Waals surface area (Å²) in [7, 11) is 0. The Hall–Kier alpha value is -2.07. The standard InChI is InChI=1S/C19H19N3S/c1-13-12-22-16-5-6-17-15(8-11-23-17)18(16)19(13)21-10-7-14-4-2-3-9-20-14/h2-6,9,12H,7-8,10-11H2,1H3,(H,21,22). The van der Waals surface area contributed by atoms with E-state index < -0.39 is 0 Å². The van der Waals surface area contributed by atoms with E-state index in [-0.39, 0.29) is 0 Å². The topological polar surface area (TPSA) is 37.8 Å². The monoisotopic (exact) mass is 321 g/mol. The van der Waals surface area contributed by atoms with Crippen LogP contribution < -0.4 is 5.32 Å². The summed E-state index contributed by atoms with van der Waals surface area (Å²) < 4.78 is 0. The molecule has 0 spiro atoms. The molecule has 116 valence electrons. The van der Waals surface area contributed by atoms with Crippen LogP contribution in [-0.2, 0) is 12.8 Å². The number of rotatable bonds is 4. The Balaban J connectivity index is 1.66. The molecule has 0 unspecified atom stereocenters. The summed E-state index contributed by atoms with van der Waals surface area (Å²) >= 11 is 1.95. The first kappa shape index (κ1) is 14.5. The number of fused-ring (bicyclic) bond motifs is 3. The van der Waals surface area contributed by atoms with E-state index in [2.05, 4.69) is 40.4 Å². The van der Waals surface area contributed by atoms with E-state index in [4.69, 9.17) is 0 Å². The number of aryl methyl sites for hydroxylation is 2. The highest BCUT2D eigenvalue weighted by molar-refractivity contribution is 7.99. The fourth-order valence-electron chi connectivity index (χ4n) is 3.17. The molecule has 0 aliphatic carbocycles. The first-order valence-electron chi connectivity index (χ1n) is 8.01. The summed E-state index contributed by atoms with van der Waals surface area (Å²) in [5.41, 5.74) is 6.13. The van der Waals surface area contributed by atoms with Crippen molar-refractivity contribution in [2.45, 2.75) is 24.7 Å². The third kappa shape index (κ3) is 2.79. The van der Waals surface area contributed by atoms with Gasteiger partial charge in [-0.15, -0.1) is 11.8 Å². The van der Waals surface area contributed by atoms with Crippen LogP contribution in [0.5, 0.6) is 0 Å². The van der Waals surface area contributed by atoms with Crippen LogP contribution in [0.3, 0.4) is 0 Å². The molecule has 1 aliphatic rings. The van der Waals surface area contributed by atoms with Crippen LogP contribution >= 0.6 is 11.8 Å². The molecule has 3 heterocycles. The molecule has 0 bridgehead atoms. The molecule has 4 heteroatoms. The maximum atomic E-state index is 4.62. The molecule has 0 radical (unpaired) electrons. The summed E-state index contributed by atoms with van der Waals surface area (Å²) in [6.45, 7) is 3.02. The Kier molecular flexibility index (Phi) is 3.92. The summed E-state index contributed by atoms with van der Waals surface area (Å²) in [5, 5.41) is 4.96. The number of anilines is 1. The number of pyridine rings is 2. The van der Waals surface area contributed by atoms with Crippen LogP contribution in [0.4, 0.5) is 5.69 Å². The van der Waals surface area contributed by atoms with E-state index in [9.17, 15) is 0 Å². The van der Waals surface area contributed by atoms with E-state index >= 15 is 0 Å². The minimum Gasteiger partial charge on any atom is -0.384 e. The molecule has 1 N–H and O–H groups in total. The molecule has 2 aromatic heterocycles. The third-order valence-corrected chi connectivity index (χ3v) is 5.41. The number of hydrogen-bond acceptors (Lipinski definition) is 4. The molecular weight excluding hydrogens is 302 g/mol. The summed E-state index contributed by atoms with van der Waals surface area (Å²) in [6, 6.07) is 10.4. The average Bonchev–Trinajstić information content (AvgIpc) is 3.06. The lowest BCUT2D eigenvalue weighted by Gasteiger charge is -2.15. The van der Waals surface area contributed by atoms with Gasteiger partial charge in [0.1, 0.15) is 0 Å². The highest BCUT2D eigenvalue weighted by Gasteiger charge is 2.18. The van der Waals surface area contributed by atoms with Crippen molar-refractivity contribution < 1.29 is 0 Å². The SMILES string of the molecule is Cc1cnc2ccc3c(c2c1NCCc1ccccn1)CCS3. The van der Waals surface area contributed by atoms with Crippen molar-refractivity contribution in [1.29, 1.82) is 0 Å². The number of benzene rings is 1.